The van der Waals surface area contributed by atoms with Crippen molar-refractivity contribution in [1.29, 1.82) is 0 Å². The van der Waals surface area contributed by atoms with Crippen LogP contribution in [0.5, 0.6) is 0 Å². The van der Waals surface area contributed by atoms with Crippen LogP contribution in [0.2, 0.25) is 0 Å². The van der Waals surface area contributed by atoms with Gasteiger partial charge >= 0.3 is 5.97 Å². The number of carbonyl (C=O) groups is 3. The number of rotatable bonds is 4. The third-order valence-corrected chi connectivity index (χ3v) is 1.97. The van der Waals surface area contributed by atoms with Crippen LogP contribution in [0, 0.1) is 0 Å². The van der Waals surface area contributed by atoms with Crippen molar-refractivity contribution in [3.8, 4) is 0 Å². The summed E-state index contributed by atoms with van der Waals surface area (Å²) in [5, 5.41) is 0. The Hall–Kier alpha value is -1.69. The van der Waals surface area contributed by atoms with Crippen LogP contribution in [-0.2, 0) is 23.9 Å². The van der Waals surface area contributed by atoms with Gasteiger partial charge in [0.05, 0.1) is 13.2 Å². The lowest BCUT2D eigenvalue weighted by Gasteiger charge is -2.24. The van der Waals surface area contributed by atoms with Gasteiger partial charge in [-0.1, -0.05) is 6.58 Å². The number of nitrogens with zero attached hydrogens (tertiary/aromatic N) is 1. The fourth-order valence-electron chi connectivity index (χ4n) is 1.19. The van der Waals surface area contributed by atoms with Crippen molar-refractivity contribution in [2.24, 2.45) is 0 Å². The number of morpholine rings is 1. The largest absolute Gasteiger partial charge is 0.463 e. The molecule has 0 atom stereocenters. The summed E-state index contributed by atoms with van der Waals surface area (Å²) >= 11 is 0. The number of hydrogen-bond acceptors (Lipinski definition) is 5. The van der Waals surface area contributed by atoms with Crippen LogP contribution in [0.25, 0.3) is 0 Å². The summed E-state index contributed by atoms with van der Waals surface area (Å²) in [6.07, 6.45) is 0. The average molecular weight is 227 g/mol. The lowest BCUT2D eigenvalue weighted by atomic mass is 10.2. The molecule has 0 aliphatic carbocycles. The third-order valence-electron chi connectivity index (χ3n) is 1.97. The summed E-state index contributed by atoms with van der Waals surface area (Å²) in [5.41, 5.74) is 0.0745. The molecule has 1 aliphatic rings. The van der Waals surface area contributed by atoms with E-state index < -0.39 is 17.8 Å². The first-order valence-electron chi connectivity index (χ1n) is 4.82. The second-order valence-electron chi connectivity index (χ2n) is 3.19. The van der Waals surface area contributed by atoms with Gasteiger partial charge in [-0.05, 0) is 6.92 Å². The number of carbonyl (C=O) groups excluding carboxylic acids is 3. The zero-order valence-corrected chi connectivity index (χ0v) is 9.02. The molecular weight excluding hydrogens is 214 g/mol. The molecular formula is C10H13NO5. The molecule has 0 aromatic heterocycles. The zero-order chi connectivity index (χ0) is 12.1. The molecule has 0 saturated carbocycles. The SMILES string of the molecule is C=C(CN1C(=O)COCC1=O)C(=O)OCC. The Kier molecular flexibility index (Phi) is 4.19. The predicted molar refractivity (Wildman–Crippen MR) is 53.3 cm³/mol. The van der Waals surface area contributed by atoms with Gasteiger partial charge in [-0.15, -0.1) is 0 Å². The minimum Gasteiger partial charge on any atom is -0.463 e. The normalized spacial score (nSPS) is 16.2. The molecule has 1 rings (SSSR count). The van der Waals surface area contributed by atoms with Crippen molar-refractivity contribution in [2.75, 3.05) is 26.4 Å². The van der Waals surface area contributed by atoms with Crippen LogP contribution in [0.3, 0.4) is 0 Å². The number of hydrogen-bond donors (Lipinski definition) is 0. The minimum atomic E-state index is -0.602. The highest BCUT2D eigenvalue weighted by Gasteiger charge is 2.28. The summed E-state index contributed by atoms with van der Waals surface area (Å²) < 4.78 is 9.42. The van der Waals surface area contributed by atoms with Crippen LogP contribution in [0.1, 0.15) is 6.92 Å². The van der Waals surface area contributed by atoms with Crippen LogP contribution >= 0.6 is 0 Å². The van der Waals surface area contributed by atoms with Gasteiger partial charge in [-0.2, -0.15) is 0 Å². The Labute approximate surface area is 92.8 Å². The first kappa shape index (κ1) is 12.4. The molecule has 1 fully saturated rings. The van der Waals surface area contributed by atoms with Crippen LogP contribution in [0.15, 0.2) is 12.2 Å². The Balaban J connectivity index is 2.58. The van der Waals surface area contributed by atoms with Crippen molar-refractivity contribution in [3.63, 3.8) is 0 Å². The molecule has 0 unspecified atom stereocenters. The highest BCUT2D eigenvalue weighted by Crippen LogP contribution is 2.05. The molecule has 88 valence electrons. The molecule has 0 spiro atoms. The van der Waals surface area contributed by atoms with Gasteiger partial charge in [-0.3, -0.25) is 14.5 Å². The highest BCUT2D eigenvalue weighted by molar-refractivity contribution is 6.00. The van der Waals surface area contributed by atoms with Gasteiger partial charge in [0.2, 0.25) is 0 Å². The molecule has 0 aromatic rings. The molecule has 6 nitrogen and oxygen atoms in total. The average Bonchev–Trinajstić information content (AvgIpc) is 2.23. The quantitative estimate of drug-likeness (QED) is 0.367. The Morgan fingerprint density at radius 1 is 1.44 bits per heavy atom. The summed E-state index contributed by atoms with van der Waals surface area (Å²) in [4.78, 5) is 34.8. The Morgan fingerprint density at radius 3 is 2.50 bits per heavy atom. The number of imide groups is 1. The first-order valence-corrected chi connectivity index (χ1v) is 4.82. The number of ether oxygens (including phenoxy) is 2. The van der Waals surface area contributed by atoms with E-state index >= 15 is 0 Å². The molecule has 16 heavy (non-hydrogen) atoms. The van der Waals surface area contributed by atoms with Crippen LogP contribution in [0.4, 0.5) is 0 Å². The molecule has 0 aromatic carbocycles. The van der Waals surface area contributed by atoms with Crippen molar-refractivity contribution in [1.82, 2.24) is 4.90 Å². The van der Waals surface area contributed by atoms with Crippen molar-refractivity contribution in [3.05, 3.63) is 12.2 Å². The fourth-order valence-corrected chi connectivity index (χ4v) is 1.19. The summed E-state index contributed by atoms with van der Waals surface area (Å²) in [6.45, 7) is 4.92. The molecule has 1 saturated heterocycles. The standard InChI is InChI=1S/C10H13NO5/c1-3-16-10(14)7(2)4-11-8(12)5-15-6-9(11)13/h2-6H2,1H3. The second kappa shape index (κ2) is 5.41. The highest BCUT2D eigenvalue weighted by atomic mass is 16.5. The van der Waals surface area contributed by atoms with E-state index in [4.69, 9.17) is 9.47 Å². The summed E-state index contributed by atoms with van der Waals surface area (Å²) in [7, 11) is 0. The monoisotopic (exact) mass is 227 g/mol. The van der Waals surface area contributed by atoms with Gasteiger partial charge in [0.15, 0.2) is 0 Å². The minimum absolute atomic E-state index is 0.0745. The smallest absolute Gasteiger partial charge is 0.335 e. The lowest BCUT2D eigenvalue weighted by Crippen LogP contribution is -2.47. The fraction of sp³-hybridized carbons (Fsp3) is 0.500. The molecule has 2 amide bonds. The molecule has 0 radical (unpaired) electrons. The molecule has 1 aliphatic heterocycles. The van der Waals surface area contributed by atoms with Crippen molar-refractivity contribution < 1.29 is 23.9 Å². The van der Waals surface area contributed by atoms with E-state index in [9.17, 15) is 14.4 Å². The van der Waals surface area contributed by atoms with Gasteiger partial charge in [0.1, 0.15) is 13.2 Å². The molecule has 6 heteroatoms. The van der Waals surface area contributed by atoms with E-state index in [-0.39, 0.29) is 31.9 Å². The van der Waals surface area contributed by atoms with E-state index in [2.05, 4.69) is 6.58 Å². The van der Waals surface area contributed by atoms with Gasteiger partial charge < -0.3 is 9.47 Å². The molecule has 0 bridgehead atoms. The summed E-state index contributed by atoms with van der Waals surface area (Å²) in [5.74, 6) is -1.54. The van der Waals surface area contributed by atoms with Gasteiger partial charge in [0.25, 0.3) is 11.8 Å². The maximum atomic E-state index is 11.3. The van der Waals surface area contributed by atoms with E-state index in [0.717, 1.165) is 4.90 Å². The van der Waals surface area contributed by atoms with Gasteiger partial charge in [0, 0.05) is 5.57 Å². The van der Waals surface area contributed by atoms with E-state index in [0.29, 0.717) is 0 Å². The molecule has 1 heterocycles. The lowest BCUT2D eigenvalue weighted by molar-refractivity contribution is -0.158. The summed E-state index contributed by atoms with van der Waals surface area (Å²) in [6, 6.07) is 0. The van der Waals surface area contributed by atoms with E-state index in [1.807, 2.05) is 0 Å². The zero-order valence-electron chi connectivity index (χ0n) is 9.02. The second-order valence-corrected chi connectivity index (χ2v) is 3.19. The van der Waals surface area contributed by atoms with Crippen LogP contribution < -0.4 is 0 Å². The van der Waals surface area contributed by atoms with Gasteiger partial charge in [-0.25, -0.2) is 4.79 Å². The predicted octanol–water partition coefficient (Wildman–Crippen LogP) is -0.509. The topological polar surface area (TPSA) is 72.9 Å². The molecule has 0 N–H and O–H groups in total. The third kappa shape index (κ3) is 2.90. The maximum Gasteiger partial charge on any atom is 0.335 e. The Bertz CT molecular complexity index is 320. The number of esters is 1. The van der Waals surface area contributed by atoms with Crippen molar-refractivity contribution >= 4 is 17.8 Å². The van der Waals surface area contributed by atoms with Crippen LogP contribution in [-0.4, -0.2) is 49.0 Å². The van der Waals surface area contributed by atoms with E-state index in [1.165, 1.54) is 0 Å². The maximum absolute atomic E-state index is 11.3. The Morgan fingerprint density at radius 2 is 2.00 bits per heavy atom. The van der Waals surface area contributed by atoms with E-state index in [1.54, 1.807) is 6.92 Å². The first-order chi connectivity index (χ1) is 7.56. The number of amides is 2. The van der Waals surface area contributed by atoms with Crippen molar-refractivity contribution in [2.45, 2.75) is 6.92 Å².